The quantitative estimate of drug-likeness (QED) is 0.807. The summed E-state index contributed by atoms with van der Waals surface area (Å²) in [5.41, 5.74) is 2.34. The fraction of sp³-hybridized carbons (Fsp3) is 0.214. The number of thiophene rings is 1. The first-order valence-electron chi connectivity index (χ1n) is 5.51. The van der Waals surface area contributed by atoms with Crippen LogP contribution in [0.15, 0.2) is 45.6 Å². The van der Waals surface area contributed by atoms with Crippen molar-refractivity contribution in [1.82, 2.24) is 0 Å². The minimum absolute atomic E-state index is 0.300. The van der Waals surface area contributed by atoms with Gasteiger partial charge in [0.05, 0.1) is 0 Å². The topological polar surface area (TPSA) is 17.1 Å². The third-order valence-corrected chi connectivity index (χ3v) is 3.79. The van der Waals surface area contributed by atoms with Crippen LogP contribution in [0.2, 0.25) is 0 Å². The average molecular weight is 309 g/mol. The van der Waals surface area contributed by atoms with E-state index in [9.17, 15) is 4.79 Å². The van der Waals surface area contributed by atoms with Crippen molar-refractivity contribution < 1.29 is 4.79 Å². The van der Waals surface area contributed by atoms with E-state index < -0.39 is 0 Å². The van der Waals surface area contributed by atoms with Gasteiger partial charge in [-0.05, 0) is 46.5 Å². The van der Waals surface area contributed by atoms with E-state index in [1.54, 1.807) is 11.3 Å². The van der Waals surface area contributed by atoms with Crippen molar-refractivity contribution in [3.63, 3.8) is 0 Å². The van der Waals surface area contributed by atoms with Crippen molar-refractivity contribution >= 4 is 33.0 Å². The van der Waals surface area contributed by atoms with E-state index >= 15 is 0 Å². The SMILES string of the molecule is O=C(CCc1ccsc1)Cc1cccc(Br)c1. The van der Waals surface area contributed by atoms with Crippen LogP contribution in [0, 0.1) is 0 Å². The first-order valence-corrected chi connectivity index (χ1v) is 7.25. The van der Waals surface area contributed by atoms with E-state index in [0.29, 0.717) is 18.6 Å². The lowest BCUT2D eigenvalue weighted by Gasteiger charge is -2.01. The maximum atomic E-state index is 11.8. The normalized spacial score (nSPS) is 10.4. The Bertz CT molecular complexity index is 491. The van der Waals surface area contributed by atoms with Crippen LogP contribution >= 0.6 is 27.3 Å². The van der Waals surface area contributed by atoms with Gasteiger partial charge in [0.1, 0.15) is 5.78 Å². The van der Waals surface area contributed by atoms with Gasteiger partial charge in [-0.25, -0.2) is 0 Å². The Morgan fingerprint density at radius 1 is 1.24 bits per heavy atom. The van der Waals surface area contributed by atoms with Crippen molar-refractivity contribution in [2.24, 2.45) is 0 Å². The van der Waals surface area contributed by atoms with Crippen LogP contribution in [0.25, 0.3) is 0 Å². The summed E-state index contributed by atoms with van der Waals surface area (Å²) in [5, 5.41) is 4.15. The Hall–Kier alpha value is -0.930. The van der Waals surface area contributed by atoms with Crippen LogP contribution in [-0.2, 0) is 17.6 Å². The fourth-order valence-electron chi connectivity index (χ4n) is 1.68. The monoisotopic (exact) mass is 308 g/mol. The van der Waals surface area contributed by atoms with E-state index in [4.69, 9.17) is 0 Å². The second-order valence-corrected chi connectivity index (χ2v) is 5.67. The number of Topliss-reactive ketones (excluding diaryl/α,β-unsaturated/α-hetero) is 1. The molecule has 0 aliphatic heterocycles. The van der Waals surface area contributed by atoms with E-state index in [1.807, 2.05) is 29.6 Å². The van der Waals surface area contributed by atoms with Crippen LogP contribution in [0.3, 0.4) is 0 Å². The summed E-state index contributed by atoms with van der Waals surface area (Å²) in [6.07, 6.45) is 2.02. The average Bonchev–Trinajstić information content (AvgIpc) is 2.79. The van der Waals surface area contributed by atoms with Crippen LogP contribution in [0.4, 0.5) is 0 Å². The molecule has 0 bridgehead atoms. The van der Waals surface area contributed by atoms with Gasteiger partial charge in [-0.15, -0.1) is 0 Å². The van der Waals surface area contributed by atoms with Crippen LogP contribution in [0.5, 0.6) is 0 Å². The zero-order chi connectivity index (χ0) is 12.1. The predicted octanol–water partition coefficient (Wildman–Crippen LogP) is 4.26. The first kappa shape index (κ1) is 12.5. The standard InChI is InChI=1S/C14H13BrOS/c15-13-3-1-2-12(8-13)9-14(16)5-4-11-6-7-17-10-11/h1-3,6-8,10H,4-5,9H2. The molecule has 0 N–H and O–H groups in total. The Kier molecular flexibility index (Phi) is 4.51. The fourth-order valence-corrected chi connectivity index (χ4v) is 2.83. The van der Waals surface area contributed by atoms with Crippen LogP contribution < -0.4 is 0 Å². The van der Waals surface area contributed by atoms with Crippen LogP contribution in [-0.4, -0.2) is 5.78 Å². The minimum atomic E-state index is 0.300. The molecule has 0 saturated heterocycles. The molecule has 0 fully saturated rings. The Balaban J connectivity index is 1.85. The van der Waals surface area contributed by atoms with Crippen molar-refractivity contribution in [1.29, 1.82) is 0 Å². The van der Waals surface area contributed by atoms with E-state index in [1.165, 1.54) is 5.56 Å². The molecule has 2 rings (SSSR count). The van der Waals surface area contributed by atoms with Crippen molar-refractivity contribution in [2.75, 3.05) is 0 Å². The van der Waals surface area contributed by atoms with Gasteiger partial charge >= 0.3 is 0 Å². The summed E-state index contributed by atoms with van der Waals surface area (Å²) in [5.74, 6) is 0.300. The number of hydrogen-bond acceptors (Lipinski definition) is 2. The van der Waals surface area contributed by atoms with E-state index in [2.05, 4.69) is 27.4 Å². The van der Waals surface area contributed by atoms with Gasteiger partial charge in [-0.3, -0.25) is 4.79 Å². The minimum Gasteiger partial charge on any atom is -0.299 e. The Labute approximate surface area is 114 Å². The molecule has 1 nitrogen and oxygen atoms in total. The van der Waals surface area contributed by atoms with Gasteiger partial charge in [0.15, 0.2) is 0 Å². The van der Waals surface area contributed by atoms with Gasteiger partial charge in [0.25, 0.3) is 0 Å². The molecule has 0 aliphatic carbocycles. The van der Waals surface area contributed by atoms with E-state index in [0.717, 1.165) is 16.5 Å². The summed E-state index contributed by atoms with van der Waals surface area (Å²) in [4.78, 5) is 11.8. The number of carbonyl (C=O) groups excluding carboxylic acids is 1. The van der Waals surface area contributed by atoms with Gasteiger partial charge in [-0.1, -0.05) is 28.1 Å². The summed E-state index contributed by atoms with van der Waals surface area (Å²) < 4.78 is 1.03. The molecule has 0 atom stereocenters. The number of aryl methyl sites for hydroxylation is 1. The molecule has 88 valence electrons. The number of rotatable bonds is 5. The summed E-state index contributed by atoms with van der Waals surface area (Å²) in [6.45, 7) is 0. The molecule has 0 aliphatic rings. The molecule has 1 heterocycles. The summed E-state index contributed by atoms with van der Waals surface area (Å²) in [7, 11) is 0. The maximum Gasteiger partial charge on any atom is 0.137 e. The van der Waals surface area contributed by atoms with Crippen molar-refractivity contribution in [3.05, 3.63) is 56.7 Å². The lowest BCUT2D eigenvalue weighted by atomic mass is 10.0. The highest BCUT2D eigenvalue weighted by molar-refractivity contribution is 9.10. The molecule has 1 aromatic heterocycles. The zero-order valence-electron chi connectivity index (χ0n) is 9.36. The highest BCUT2D eigenvalue weighted by Gasteiger charge is 2.05. The molecular weight excluding hydrogens is 296 g/mol. The lowest BCUT2D eigenvalue weighted by Crippen LogP contribution is -2.03. The van der Waals surface area contributed by atoms with Crippen molar-refractivity contribution in [3.8, 4) is 0 Å². The highest BCUT2D eigenvalue weighted by Crippen LogP contribution is 2.14. The molecule has 1 aromatic carbocycles. The number of ketones is 1. The number of halogens is 1. The number of benzene rings is 1. The van der Waals surface area contributed by atoms with Gasteiger partial charge in [0.2, 0.25) is 0 Å². The molecule has 17 heavy (non-hydrogen) atoms. The van der Waals surface area contributed by atoms with Crippen molar-refractivity contribution in [2.45, 2.75) is 19.3 Å². The highest BCUT2D eigenvalue weighted by atomic mass is 79.9. The Morgan fingerprint density at radius 2 is 2.12 bits per heavy atom. The zero-order valence-corrected chi connectivity index (χ0v) is 11.8. The molecule has 0 saturated carbocycles. The number of carbonyl (C=O) groups is 1. The first-order chi connectivity index (χ1) is 8.24. The third-order valence-electron chi connectivity index (χ3n) is 2.56. The van der Waals surface area contributed by atoms with Crippen LogP contribution in [0.1, 0.15) is 17.5 Å². The van der Waals surface area contributed by atoms with E-state index in [-0.39, 0.29) is 0 Å². The largest absolute Gasteiger partial charge is 0.299 e. The van der Waals surface area contributed by atoms with Gasteiger partial charge in [-0.2, -0.15) is 11.3 Å². The summed E-state index contributed by atoms with van der Waals surface area (Å²) in [6, 6.07) is 10.0. The molecule has 3 heteroatoms. The molecule has 2 aromatic rings. The maximum absolute atomic E-state index is 11.8. The second kappa shape index (κ2) is 6.12. The molecular formula is C14H13BrOS. The lowest BCUT2D eigenvalue weighted by molar-refractivity contribution is -0.118. The Morgan fingerprint density at radius 3 is 2.82 bits per heavy atom. The number of hydrogen-bond donors (Lipinski definition) is 0. The van der Waals surface area contributed by atoms with Gasteiger partial charge in [0, 0.05) is 17.3 Å². The molecule has 0 amide bonds. The predicted molar refractivity (Wildman–Crippen MR) is 75.5 cm³/mol. The smallest absolute Gasteiger partial charge is 0.137 e. The molecule has 0 spiro atoms. The molecule has 0 radical (unpaired) electrons. The second-order valence-electron chi connectivity index (χ2n) is 3.98. The summed E-state index contributed by atoms with van der Waals surface area (Å²) >= 11 is 5.09. The third kappa shape index (κ3) is 4.10. The van der Waals surface area contributed by atoms with Gasteiger partial charge < -0.3 is 0 Å². The molecule has 0 unspecified atom stereocenters.